The van der Waals surface area contributed by atoms with E-state index < -0.39 is 6.04 Å². The van der Waals surface area contributed by atoms with Crippen LogP contribution in [0.1, 0.15) is 25.0 Å². The predicted molar refractivity (Wildman–Crippen MR) is 75.8 cm³/mol. The summed E-state index contributed by atoms with van der Waals surface area (Å²) in [6.07, 6.45) is 4.54. The number of carbonyl (C=O) groups excluding carboxylic acids is 1. The van der Waals surface area contributed by atoms with Gasteiger partial charge in [-0.1, -0.05) is 6.07 Å². The van der Waals surface area contributed by atoms with Crippen molar-refractivity contribution in [1.29, 1.82) is 0 Å². The quantitative estimate of drug-likeness (QED) is 0.889. The number of carbonyl (C=O) groups is 1. The van der Waals surface area contributed by atoms with Gasteiger partial charge in [-0.25, -0.2) is 0 Å². The number of pyridine rings is 1. The van der Waals surface area contributed by atoms with E-state index in [4.69, 9.17) is 5.73 Å². The minimum atomic E-state index is -0.539. The third kappa shape index (κ3) is 4.00. The third-order valence-electron chi connectivity index (χ3n) is 3.92. The SMILES string of the molecule is NC(Cc1ccccn1)C(=O)N1CCC(CCF)CC1. The topological polar surface area (TPSA) is 59.2 Å². The molecular weight excluding hydrogens is 257 g/mol. The van der Waals surface area contributed by atoms with Crippen LogP contribution in [0.2, 0.25) is 0 Å². The van der Waals surface area contributed by atoms with Gasteiger partial charge in [0.1, 0.15) is 0 Å². The van der Waals surface area contributed by atoms with Crippen LogP contribution in [0.3, 0.4) is 0 Å². The first-order valence-corrected chi connectivity index (χ1v) is 7.21. The molecule has 0 aromatic carbocycles. The Morgan fingerprint density at radius 2 is 2.20 bits per heavy atom. The molecule has 0 bridgehead atoms. The molecule has 5 heteroatoms. The van der Waals surface area contributed by atoms with Crippen molar-refractivity contribution in [2.75, 3.05) is 19.8 Å². The minimum Gasteiger partial charge on any atom is -0.341 e. The summed E-state index contributed by atoms with van der Waals surface area (Å²) in [5.41, 5.74) is 6.82. The number of halogens is 1. The van der Waals surface area contributed by atoms with E-state index >= 15 is 0 Å². The number of alkyl halides is 1. The zero-order valence-electron chi connectivity index (χ0n) is 11.7. The Hall–Kier alpha value is -1.49. The van der Waals surface area contributed by atoms with Crippen LogP contribution in [0, 0.1) is 5.92 Å². The van der Waals surface area contributed by atoms with Crippen molar-refractivity contribution in [2.45, 2.75) is 31.7 Å². The van der Waals surface area contributed by atoms with Crippen molar-refractivity contribution < 1.29 is 9.18 Å². The van der Waals surface area contributed by atoms with Crippen LogP contribution >= 0.6 is 0 Å². The van der Waals surface area contributed by atoms with Gasteiger partial charge in [0, 0.05) is 31.4 Å². The summed E-state index contributed by atoms with van der Waals surface area (Å²) in [6, 6.07) is 5.07. The van der Waals surface area contributed by atoms with Gasteiger partial charge in [0.05, 0.1) is 12.7 Å². The molecule has 1 amide bonds. The average Bonchev–Trinajstić information content (AvgIpc) is 2.48. The maximum absolute atomic E-state index is 12.3. The summed E-state index contributed by atoms with van der Waals surface area (Å²) >= 11 is 0. The number of nitrogens with two attached hydrogens (primary N) is 1. The Morgan fingerprint density at radius 1 is 1.45 bits per heavy atom. The number of likely N-dealkylation sites (tertiary alicyclic amines) is 1. The minimum absolute atomic E-state index is 0.0191. The summed E-state index contributed by atoms with van der Waals surface area (Å²) < 4.78 is 12.3. The zero-order valence-corrected chi connectivity index (χ0v) is 11.7. The molecular formula is C15H22FN3O. The van der Waals surface area contributed by atoms with E-state index in [1.54, 1.807) is 6.20 Å². The van der Waals surface area contributed by atoms with Crippen molar-refractivity contribution in [1.82, 2.24) is 9.88 Å². The highest BCUT2D eigenvalue weighted by Crippen LogP contribution is 2.21. The van der Waals surface area contributed by atoms with Crippen LogP contribution in [0.4, 0.5) is 4.39 Å². The van der Waals surface area contributed by atoms with Crippen molar-refractivity contribution in [3.8, 4) is 0 Å². The molecule has 0 spiro atoms. The van der Waals surface area contributed by atoms with Crippen molar-refractivity contribution in [2.24, 2.45) is 11.7 Å². The Kier molecular flexibility index (Phi) is 5.47. The first-order chi connectivity index (χ1) is 9.70. The lowest BCUT2D eigenvalue weighted by atomic mass is 9.93. The lowest BCUT2D eigenvalue weighted by molar-refractivity contribution is -0.134. The number of piperidine rings is 1. The molecule has 1 unspecified atom stereocenters. The standard InChI is InChI=1S/C15H22FN3O/c16-7-4-12-5-9-19(10-6-12)15(20)14(17)11-13-3-1-2-8-18-13/h1-3,8,12,14H,4-7,9-11,17H2. The van der Waals surface area contributed by atoms with E-state index in [1.807, 2.05) is 23.1 Å². The van der Waals surface area contributed by atoms with Crippen molar-refractivity contribution in [3.63, 3.8) is 0 Å². The largest absolute Gasteiger partial charge is 0.341 e. The second kappa shape index (κ2) is 7.33. The van der Waals surface area contributed by atoms with E-state index in [-0.39, 0.29) is 12.6 Å². The summed E-state index contributed by atoms with van der Waals surface area (Å²) in [6.45, 7) is 1.12. The van der Waals surface area contributed by atoms with Gasteiger partial charge in [-0.2, -0.15) is 0 Å². The maximum Gasteiger partial charge on any atom is 0.239 e. The van der Waals surface area contributed by atoms with Gasteiger partial charge in [-0.3, -0.25) is 14.2 Å². The van der Waals surface area contributed by atoms with Crippen LogP contribution in [-0.2, 0) is 11.2 Å². The summed E-state index contributed by atoms with van der Waals surface area (Å²) in [4.78, 5) is 18.3. The van der Waals surface area contributed by atoms with E-state index in [0.29, 0.717) is 31.8 Å². The summed E-state index contributed by atoms with van der Waals surface area (Å²) in [5.74, 6) is 0.394. The molecule has 2 heterocycles. The van der Waals surface area contributed by atoms with Gasteiger partial charge in [0.15, 0.2) is 0 Å². The zero-order chi connectivity index (χ0) is 14.4. The van der Waals surface area contributed by atoms with Gasteiger partial charge in [0.2, 0.25) is 5.91 Å². The van der Waals surface area contributed by atoms with Gasteiger partial charge in [-0.15, -0.1) is 0 Å². The fourth-order valence-electron chi connectivity index (χ4n) is 2.66. The smallest absolute Gasteiger partial charge is 0.239 e. The predicted octanol–water partition coefficient (Wildman–Crippen LogP) is 1.55. The molecule has 1 fully saturated rings. The maximum atomic E-state index is 12.3. The monoisotopic (exact) mass is 279 g/mol. The summed E-state index contributed by atoms with van der Waals surface area (Å²) in [7, 11) is 0. The van der Waals surface area contributed by atoms with E-state index in [1.165, 1.54) is 0 Å². The Bertz CT molecular complexity index is 418. The second-order valence-corrected chi connectivity index (χ2v) is 5.38. The highest BCUT2D eigenvalue weighted by Gasteiger charge is 2.26. The third-order valence-corrected chi connectivity index (χ3v) is 3.92. The molecule has 1 aromatic rings. The molecule has 2 rings (SSSR count). The van der Waals surface area contributed by atoms with E-state index in [9.17, 15) is 9.18 Å². The Balaban J connectivity index is 1.82. The number of aromatic nitrogens is 1. The Labute approximate surface area is 119 Å². The van der Waals surface area contributed by atoms with Gasteiger partial charge in [-0.05, 0) is 37.3 Å². The lowest BCUT2D eigenvalue weighted by Crippen LogP contribution is -2.48. The molecule has 1 aliphatic heterocycles. The molecule has 1 atom stereocenters. The van der Waals surface area contributed by atoms with Crippen LogP contribution in [0.15, 0.2) is 24.4 Å². The number of hydrogen-bond donors (Lipinski definition) is 1. The first kappa shape index (κ1) is 14.9. The highest BCUT2D eigenvalue weighted by molar-refractivity contribution is 5.82. The molecule has 1 aliphatic rings. The van der Waals surface area contributed by atoms with Gasteiger partial charge in [0.25, 0.3) is 0 Å². The molecule has 1 saturated heterocycles. The van der Waals surface area contributed by atoms with Gasteiger partial charge >= 0.3 is 0 Å². The average molecular weight is 279 g/mol. The molecule has 2 N–H and O–H groups in total. The molecule has 0 radical (unpaired) electrons. The number of rotatable bonds is 5. The molecule has 0 saturated carbocycles. The normalized spacial score (nSPS) is 18.0. The second-order valence-electron chi connectivity index (χ2n) is 5.38. The van der Waals surface area contributed by atoms with Crippen molar-refractivity contribution >= 4 is 5.91 Å². The number of nitrogens with zero attached hydrogens (tertiary/aromatic N) is 2. The molecule has 1 aromatic heterocycles. The lowest BCUT2D eigenvalue weighted by Gasteiger charge is -2.33. The van der Waals surface area contributed by atoms with Gasteiger partial charge < -0.3 is 10.6 Å². The number of amides is 1. The molecule has 0 aliphatic carbocycles. The fraction of sp³-hybridized carbons (Fsp3) is 0.600. The van der Waals surface area contributed by atoms with E-state index in [0.717, 1.165) is 18.5 Å². The number of hydrogen-bond acceptors (Lipinski definition) is 3. The molecule has 20 heavy (non-hydrogen) atoms. The first-order valence-electron chi connectivity index (χ1n) is 7.21. The van der Waals surface area contributed by atoms with E-state index in [2.05, 4.69) is 4.98 Å². The summed E-state index contributed by atoms with van der Waals surface area (Å²) in [5, 5.41) is 0. The van der Waals surface area contributed by atoms with Crippen LogP contribution < -0.4 is 5.73 Å². The van der Waals surface area contributed by atoms with Crippen molar-refractivity contribution in [3.05, 3.63) is 30.1 Å². The fourth-order valence-corrected chi connectivity index (χ4v) is 2.66. The molecule has 4 nitrogen and oxygen atoms in total. The molecule has 110 valence electrons. The Morgan fingerprint density at radius 3 is 2.80 bits per heavy atom. The van der Waals surface area contributed by atoms with Crippen LogP contribution in [0.5, 0.6) is 0 Å². The van der Waals surface area contributed by atoms with Crippen LogP contribution in [0.25, 0.3) is 0 Å². The highest BCUT2D eigenvalue weighted by atomic mass is 19.1. The van der Waals surface area contributed by atoms with Crippen LogP contribution in [-0.4, -0.2) is 41.6 Å².